The van der Waals surface area contributed by atoms with Crippen molar-refractivity contribution in [2.24, 2.45) is 5.73 Å². The summed E-state index contributed by atoms with van der Waals surface area (Å²) in [5.74, 6) is -0.441. The highest BCUT2D eigenvalue weighted by Gasteiger charge is 2.27. The second-order valence-corrected chi connectivity index (χ2v) is 5.09. The lowest BCUT2D eigenvalue weighted by Crippen LogP contribution is -2.41. The number of rotatable bonds is 5. The van der Waals surface area contributed by atoms with E-state index in [2.05, 4.69) is 16.8 Å². The number of nitrogens with two attached hydrogens (primary N) is 1. The Morgan fingerprint density at radius 2 is 2.15 bits per heavy atom. The van der Waals surface area contributed by atoms with Gasteiger partial charge in [-0.05, 0) is 39.5 Å². The van der Waals surface area contributed by atoms with Crippen molar-refractivity contribution in [3.05, 3.63) is 12.0 Å². The van der Waals surface area contributed by atoms with Gasteiger partial charge < -0.3 is 19.8 Å². The first-order valence-corrected chi connectivity index (χ1v) is 7.30. The van der Waals surface area contributed by atoms with Crippen LogP contribution in [0.4, 0.5) is 6.01 Å². The van der Waals surface area contributed by atoms with E-state index in [9.17, 15) is 4.79 Å². The molecule has 2 rings (SSSR count). The van der Waals surface area contributed by atoms with E-state index < -0.39 is 5.97 Å². The van der Waals surface area contributed by atoms with Crippen LogP contribution in [0.3, 0.4) is 0 Å². The van der Waals surface area contributed by atoms with E-state index in [1.165, 1.54) is 6.26 Å². The first-order chi connectivity index (χ1) is 9.65. The maximum absolute atomic E-state index is 11.6. The van der Waals surface area contributed by atoms with Crippen molar-refractivity contribution >= 4 is 12.0 Å². The zero-order valence-electron chi connectivity index (χ0n) is 12.2. The van der Waals surface area contributed by atoms with Gasteiger partial charge in [-0.2, -0.15) is 4.98 Å². The van der Waals surface area contributed by atoms with Crippen LogP contribution in [0.5, 0.6) is 0 Å². The molecule has 0 aromatic carbocycles. The lowest BCUT2D eigenvalue weighted by Gasteiger charge is -2.34. The minimum absolute atomic E-state index is 0.229. The van der Waals surface area contributed by atoms with E-state index in [0.717, 1.165) is 32.2 Å². The van der Waals surface area contributed by atoms with Crippen LogP contribution >= 0.6 is 0 Å². The summed E-state index contributed by atoms with van der Waals surface area (Å²) in [5, 5.41) is 0. The van der Waals surface area contributed by atoms with Crippen molar-refractivity contribution in [3.63, 3.8) is 0 Å². The summed E-state index contributed by atoms with van der Waals surface area (Å²) in [6.07, 6.45) is 5.47. The third-order valence-corrected chi connectivity index (χ3v) is 3.75. The first kappa shape index (κ1) is 14.8. The SMILES string of the molecule is CCOC(=O)c1coc(N(CC)C2CCC(N)CC2)n1. The molecule has 1 aromatic rings. The Morgan fingerprint density at radius 3 is 2.75 bits per heavy atom. The number of esters is 1. The topological polar surface area (TPSA) is 81.6 Å². The third-order valence-electron chi connectivity index (χ3n) is 3.75. The number of oxazole rings is 1. The van der Waals surface area contributed by atoms with E-state index in [-0.39, 0.29) is 5.69 Å². The number of ether oxygens (including phenoxy) is 1. The zero-order chi connectivity index (χ0) is 14.5. The van der Waals surface area contributed by atoms with Gasteiger partial charge in [-0.15, -0.1) is 0 Å². The van der Waals surface area contributed by atoms with Crippen LogP contribution in [0.15, 0.2) is 10.7 Å². The minimum atomic E-state index is -0.441. The van der Waals surface area contributed by atoms with Gasteiger partial charge in [0.05, 0.1) is 6.61 Å². The molecule has 1 heterocycles. The smallest absolute Gasteiger partial charge is 0.360 e. The third kappa shape index (κ3) is 3.30. The van der Waals surface area contributed by atoms with Gasteiger partial charge in [-0.3, -0.25) is 0 Å². The molecule has 2 N–H and O–H groups in total. The number of hydrogen-bond donors (Lipinski definition) is 1. The fraction of sp³-hybridized carbons (Fsp3) is 0.714. The van der Waals surface area contributed by atoms with Gasteiger partial charge in [-0.1, -0.05) is 0 Å². The van der Waals surface area contributed by atoms with E-state index in [4.69, 9.17) is 14.9 Å². The van der Waals surface area contributed by atoms with Gasteiger partial charge in [0.15, 0.2) is 5.69 Å². The Kier molecular flexibility index (Phi) is 5.00. The van der Waals surface area contributed by atoms with Crippen molar-refractivity contribution in [2.45, 2.75) is 51.6 Å². The molecule has 0 aliphatic heterocycles. The second-order valence-electron chi connectivity index (χ2n) is 5.09. The first-order valence-electron chi connectivity index (χ1n) is 7.30. The molecule has 0 saturated heterocycles. The average molecular weight is 281 g/mol. The second kappa shape index (κ2) is 6.74. The molecule has 0 amide bonds. The largest absolute Gasteiger partial charge is 0.461 e. The summed E-state index contributed by atoms with van der Waals surface area (Å²) in [5.41, 5.74) is 6.17. The summed E-state index contributed by atoms with van der Waals surface area (Å²) in [6, 6.07) is 1.19. The van der Waals surface area contributed by atoms with E-state index in [0.29, 0.717) is 24.7 Å². The van der Waals surface area contributed by atoms with Crippen molar-refractivity contribution in [2.75, 3.05) is 18.1 Å². The van der Waals surface area contributed by atoms with E-state index in [1.54, 1.807) is 6.92 Å². The molecule has 1 aliphatic rings. The van der Waals surface area contributed by atoms with Crippen molar-refractivity contribution < 1.29 is 13.9 Å². The van der Waals surface area contributed by atoms with Gasteiger partial charge in [0.25, 0.3) is 6.01 Å². The monoisotopic (exact) mass is 281 g/mol. The maximum atomic E-state index is 11.6. The predicted octanol–water partition coefficient (Wildman–Crippen LogP) is 1.95. The van der Waals surface area contributed by atoms with Gasteiger partial charge in [0.1, 0.15) is 6.26 Å². The molecule has 0 radical (unpaired) electrons. The lowest BCUT2D eigenvalue weighted by atomic mass is 9.91. The molecule has 20 heavy (non-hydrogen) atoms. The van der Waals surface area contributed by atoms with Crippen LogP contribution in [0.1, 0.15) is 50.0 Å². The highest BCUT2D eigenvalue weighted by molar-refractivity contribution is 5.87. The normalized spacial score (nSPS) is 22.6. The van der Waals surface area contributed by atoms with Crippen LogP contribution in [-0.2, 0) is 4.74 Å². The molecule has 1 saturated carbocycles. The molecule has 1 fully saturated rings. The number of aromatic nitrogens is 1. The number of nitrogens with zero attached hydrogens (tertiary/aromatic N) is 2. The van der Waals surface area contributed by atoms with Crippen molar-refractivity contribution in [1.29, 1.82) is 0 Å². The van der Waals surface area contributed by atoms with Gasteiger partial charge >= 0.3 is 5.97 Å². The highest BCUT2D eigenvalue weighted by atomic mass is 16.5. The molecule has 6 heteroatoms. The average Bonchev–Trinajstić information content (AvgIpc) is 2.92. The summed E-state index contributed by atoms with van der Waals surface area (Å²) in [4.78, 5) is 18.0. The molecule has 6 nitrogen and oxygen atoms in total. The minimum Gasteiger partial charge on any atom is -0.461 e. The van der Waals surface area contributed by atoms with Crippen LogP contribution in [0.2, 0.25) is 0 Å². The quantitative estimate of drug-likeness (QED) is 0.831. The summed E-state index contributed by atoms with van der Waals surface area (Å²) < 4.78 is 10.4. The lowest BCUT2D eigenvalue weighted by molar-refractivity contribution is 0.0519. The van der Waals surface area contributed by atoms with Gasteiger partial charge in [-0.25, -0.2) is 4.79 Å². The maximum Gasteiger partial charge on any atom is 0.360 e. The molecule has 112 valence electrons. The Bertz CT molecular complexity index is 439. The molecule has 0 atom stereocenters. The van der Waals surface area contributed by atoms with Gasteiger partial charge in [0.2, 0.25) is 0 Å². The van der Waals surface area contributed by atoms with Crippen LogP contribution < -0.4 is 10.6 Å². The summed E-state index contributed by atoms with van der Waals surface area (Å²) >= 11 is 0. The molecular formula is C14H23N3O3. The number of hydrogen-bond acceptors (Lipinski definition) is 6. The van der Waals surface area contributed by atoms with Crippen molar-refractivity contribution in [1.82, 2.24) is 4.98 Å². The standard InChI is InChI=1S/C14H23N3O3/c1-3-17(11-7-5-10(15)6-8-11)14-16-12(9-20-14)13(18)19-4-2/h9-11H,3-8,15H2,1-2H3. The Hall–Kier alpha value is -1.56. The highest BCUT2D eigenvalue weighted by Crippen LogP contribution is 2.26. The van der Waals surface area contributed by atoms with E-state index in [1.807, 2.05) is 0 Å². The summed E-state index contributed by atoms with van der Waals surface area (Å²) in [7, 11) is 0. The fourth-order valence-electron chi connectivity index (χ4n) is 2.66. The molecular weight excluding hydrogens is 258 g/mol. The Labute approximate surface area is 119 Å². The fourth-order valence-corrected chi connectivity index (χ4v) is 2.66. The molecule has 1 aliphatic carbocycles. The molecule has 0 spiro atoms. The van der Waals surface area contributed by atoms with Crippen LogP contribution in [0.25, 0.3) is 0 Å². The molecule has 0 unspecified atom stereocenters. The van der Waals surface area contributed by atoms with Crippen LogP contribution in [-0.4, -0.2) is 36.2 Å². The molecule has 0 bridgehead atoms. The number of carbonyl (C=O) groups is 1. The Balaban J connectivity index is 2.06. The van der Waals surface area contributed by atoms with E-state index >= 15 is 0 Å². The summed E-state index contributed by atoms with van der Waals surface area (Å²) in [6.45, 7) is 4.95. The number of carbonyl (C=O) groups excluding carboxylic acids is 1. The zero-order valence-corrected chi connectivity index (χ0v) is 12.2. The molecule has 1 aromatic heterocycles. The van der Waals surface area contributed by atoms with Crippen LogP contribution in [0, 0.1) is 0 Å². The predicted molar refractivity (Wildman–Crippen MR) is 75.7 cm³/mol. The Morgan fingerprint density at radius 1 is 1.45 bits per heavy atom. The van der Waals surface area contributed by atoms with Crippen molar-refractivity contribution in [3.8, 4) is 0 Å². The number of anilines is 1. The van der Waals surface area contributed by atoms with Gasteiger partial charge in [0, 0.05) is 18.6 Å².